The summed E-state index contributed by atoms with van der Waals surface area (Å²) in [4.78, 5) is 0. The van der Waals surface area contributed by atoms with Gasteiger partial charge in [0, 0.05) is 24.1 Å². The van der Waals surface area contributed by atoms with Crippen molar-refractivity contribution in [3.05, 3.63) is 28.8 Å². The molecule has 1 aliphatic rings. The van der Waals surface area contributed by atoms with Gasteiger partial charge in [0.1, 0.15) is 0 Å². The molecule has 3 heteroatoms. The van der Waals surface area contributed by atoms with Gasteiger partial charge in [-0.25, -0.2) is 0 Å². The summed E-state index contributed by atoms with van der Waals surface area (Å²) in [5.74, 6) is 0. The van der Waals surface area contributed by atoms with Crippen LogP contribution < -0.4 is 5.73 Å². The summed E-state index contributed by atoms with van der Waals surface area (Å²) in [6.45, 7) is 2.90. The fourth-order valence-corrected chi connectivity index (χ4v) is 2.22. The lowest BCUT2D eigenvalue weighted by atomic mass is 9.95. The molecule has 0 aliphatic carbocycles. The molecule has 0 bridgehead atoms. The van der Waals surface area contributed by atoms with Crippen LogP contribution in [0.1, 0.15) is 42.1 Å². The fraction of sp³-hybridized carbons (Fsp3) is 0.462. The molecule has 0 spiro atoms. The Labute approximate surface area is 96.1 Å². The molecule has 2 rings (SSSR count). The first-order chi connectivity index (χ1) is 7.72. The maximum absolute atomic E-state index is 7.26. The second-order valence-electron chi connectivity index (χ2n) is 4.34. The quantitative estimate of drug-likeness (QED) is 0.592. The fourth-order valence-electron chi connectivity index (χ4n) is 2.22. The lowest BCUT2D eigenvalue weighted by Crippen LogP contribution is -2.13. The summed E-state index contributed by atoms with van der Waals surface area (Å²) in [7, 11) is 0. The number of benzene rings is 1. The van der Waals surface area contributed by atoms with E-state index in [9.17, 15) is 0 Å². The first kappa shape index (κ1) is 11.1. The van der Waals surface area contributed by atoms with Gasteiger partial charge in [-0.05, 0) is 49.4 Å². The van der Waals surface area contributed by atoms with Crippen LogP contribution in [0, 0.1) is 12.3 Å². The van der Waals surface area contributed by atoms with E-state index in [1.807, 2.05) is 12.1 Å². The number of nitrogens with two attached hydrogens (primary N) is 1. The van der Waals surface area contributed by atoms with Gasteiger partial charge in [-0.15, -0.1) is 0 Å². The van der Waals surface area contributed by atoms with E-state index in [-0.39, 0.29) is 6.10 Å². The van der Waals surface area contributed by atoms with Crippen LogP contribution in [-0.2, 0) is 4.74 Å². The molecule has 1 saturated heterocycles. The minimum atomic E-state index is 0.191. The van der Waals surface area contributed by atoms with Crippen molar-refractivity contribution in [1.82, 2.24) is 0 Å². The standard InChI is InChI=1S/C13H18N2O/c1-9-6-10(8-14)12(15)7-11(9)13-4-2-3-5-16-13/h6-8,13-14H,2-5,15H2,1H3. The zero-order valence-corrected chi connectivity index (χ0v) is 9.62. The van der Waals surface area contributed by atoms with E-state index < -0.39 is 0 Å². The molecular formula is C13H18N2O. The van der Waals surface area contributed by atoms with Crippen molar-refractivity contribution in [1.29, 1.82) is 5.41 Å². The Kier molecular flexibility index (Phi) is 3.25. The van der Waals surface area contributed by atoms with E-state index in [2.05, 4.69) is 6.92 Å². The number of ether oxygens (including phenoxy) is 1. The molecule has 0 aromatic heterocycles. The van der Waals surface area contributed by atoms with Crippen LogP contribution in [0.2, 0.25) is 0 Å². The van der Waals surface area contributed by atoms with Gasteiger partial charge in [-0.3, -0.25) is 0 Å². The summed E-state index contributed by atoms with van der Waals surface area (Å²) in [6, 6.07) is 3.93. The second kappa shape index (κ2) is 4.66. The predicted octanol–water partition coefficient (Wildman–Crippen LogP) is 2.82. The molecule has 1 heterocycles. The normalized spacial score (nSPS) is 20.7. The van der Waals surface area contributed by atoms with Crippen molar-refractivity contribution in [3.8, 4) is 0 Å². The van der Waals surface area contributed by atoms with Gasteiger partial charge in [0.25, 0.3) is 0 Å². The number of hydrogen-bond acceptors (Lipinski definition) is 3. The maximum atomic E-state index is 7.26. The second-order valence-corrected chi connectivity index (χ2v) is 4.34. The third kappa shape index (κ3) is 2.09. The maximum Gasteiger partial charge on any atom is 0.0828 e. The van der Waals surface area contributed by atoms with Crippen LogP contribution in [0.5, 0.6) is 0 Å². The van der Waals surface area contributed by atoms with Gasteiger partial charge in [-0.2, -0.15) is 0 Å². The SMILES string of the molecule is Cc1cc(C=N)c(N)cc1C1CCCCO1. The average Bonchev–Trinajstić information content (AvgIpc) is 2.32. The highest BCUT2D eigenvalue weighted by Gasteiger charge is 2.18. The van der Waals surface area contributed by atoms with E-state index >= 15 is 0 Å². The van der Waals surface area contributed by atoms with Crippen LogP contribution in [0.15, 0.2) is 12.1 Å². The van der Waals surface area contributed by atoms with Crippen LogP contribution in [0.4, 0.5) is 5.69 Å². The molecular weight excluding hydrogens is 200 g/mol. The predicted molar refractivity (Wildman–Crippen MR) is 66.0 cm³/mol. The number of nitrogen functional groups attached to an aromatic ring is 1. The Bertz CT molecular complexity index is 395. The molecule has 0 amide bonds. The Morgan fingerprint density at radius 1 is 1.44 bits per heavy atom. The molecule has 3 N–H and O–H groups in total. The minimum absolute atomic E-state index is 0.191. The first-order valence-corrected chi connectivity index (χ1v) is 5.74. The smallest absolute Gasteiger partial charge is 0.0828 e. The van der Waals surface area contributed by atoms with Crippen molar-refractivity contribution in [2.75, 3.05) is 12.3 Å². The lowest BCUT2D eigenvalue weighted by Gasteiger charge is -2.25. The molecule has 1 aromatic carbocycles. The van der Waals surface area contributed by atoms with Crippen molar-refractivity contribution in [3.63, 3.8) is 0 Å². The Hall–Kier alpha value is -1.35. The molecule has 0 radical (unpaired) electrons. The molecule has 86 valence electrons. The number of anilines is 1. The Morgan fingerprint density at radius 3 is 2.88 bits per heavy atom. The average molecular weight is 218 g/mol. The monoisotopic (exact) mass is 218 g/mol. The number of rotatable bonds is 2. The third-order valence-electron chi connectivity index (χ3n) is 3.15. The third-order valence-corrected chi connectivity index (χ3v) is 3.15. The van der Waals surface area contributed by atoms with E-state index in [0.29, 0.717) is 5.69 Å². The summed E-state index contributed by atoms with van der Waals surface area (Å²) in [6.07, 6.45) is 4.94. The van der Waals surface area contributed by atoms with Gasteiger partial charge in [0.15, 0.2) is 0 Å². The van der Waals surface area contributed by atoms with Gasteiger partial charge in [0.05, 0.1) is 6.10 Å². The molecule has 16 heavy (non-hydrogen) atoms. The summed E-state index contributed by atoms with van der Waals surface area (Å²) < 4.78 is 5.76. The Balaban J connectivity index is 2.33. The topological polar surface area (TPSA) is 59.1 Å². The van der Waals surface area contributed by atoms with Gasteiger partial charge < -0.3 is 15.9 Å². The van der Waals surface area contributed by atoms with E-state index in [0.717, 1.165) is 25.0 Å². The van der Waals surface area contributed by atoms with Crippen molar-refractivity contribution in [2.24, 2.45) is 0 Å². The minimum Gasteiger partial charge on any atom is -0.398 e. The van der Waals surface area contributed by atoms with Gasteiger partial charge >= 0.3 is 0 Å². The van der Waals surface area contributed by atoms with Crippen LogP contribution in [0.25, 0.3) is 0 Å². The zero-order chi connectivity index (χ0) is 11.5. The van der Waals surface area contributed by atoms with E-state index in [1.165, 1.54) is 23.8 Å². The molecule has 1 atom stereocenters. The highest BCUT2D eigenvalue weighted by molar-refractivity contribution is 5.85. The van der Waals surface area contributed by atoms with Crippen molar-refractivity contribution < 1.29 is 4.74 Å². The van der Waals surface area contributed by atoms with E-state index in [4.69, 9.17) is 15.9 Å². The summed E-state index contributed by atoms with van der Waals surface area (Å²) in [5.41, 5.74) is 9.71. The number of hydrogen-bond donors (Lipinski definition) is 2. The molecule has 1 fully saturated rings. The van der Waals surface area contributed by atoms with Crippen LogP contribution >= 0.6 is 0 Å². The van der Waals surface area contributed by atoms with Gasteiger partial charge in [-0.1, -0.05) is 0 Å². The van der Waals surface area contributed by atoms with Crippen LogP contribution in [-0.4, -0.2) is 12.8 Å². The molecule has 0 saturated carbocycles. The van der Waals surface area contributed by atoms with Crippen molar-refractivity contribution in [2.45, 2.75) is 32.3 Å². The highest BCUT2D eigenvalue weighted by atomic mass is 16.5. The highest BCUT2D eigenvalue weighted by Crippen LogP contribution is 2.32. The molecule has 1 aromatic rings. The summed E-state index contributed by atoms with van der Waals surface area (Å²) >= 11 is 0. The van der Waals surface area contributed by atoms with Crippen molar-refractivity contribution >= 4 is 11.9 Å². The van der Waals surface area contributed by atoms with Crippen LogP contribution in [0.3, 0.4) is 0 Å². The molecule has 1 aliphatic heterocycles. The molecule has 3 nitrogen and oxygen atoms in total. The van der Waals surface area contributed by atoms with E-state index in [1.54, 1.807) is 0 Å². The first-order valence-electron chi connectivity index (χ1n) is 5.74. The largest absolute Gasteiger partial charge is 0.398 e. The number of nitrogens with one attached hydrogen (secondary N) is 1. The number of aryl methyl sites for hydroxylation is 1. The summed E-state index contributed by atoms with van der Waals surface area (Å²) in [5, 5.41) is 7.26. The molecule has 1 unspecified atom stereocenters. The zero-order valence-electron chi connectivity index (χ0n) is 9.62. The Morgan fingerprint density at radius 2 is 2.25 bits per heavy atom. The lowest BCUT2D eigenvalue weighted by molar-refractivity contribution is 0.0146. The van der Waals surface area contributed by atoms with Gasteiger partial charge in [0.2, 0.25) is 0 Å².